The zero-order valence-corrected chi connectivity index (χ0v) is 8.73. The monoisotopic (exact) mass is 201 g/mol. The van der Waals surface area contributed by atoms with Crippen LogP contribution < -0.4 is 5.32 Å². The Hall–Kier alpha value is -0.450. The normalized spacial score (nSPS) is 13.2. The number of likely N-dealkylation sites (N-methyl/N-ethyl adjacent to an activating group) is 1. The van der Waals surface area contributed by atoms with Crippen molar-refractivity contribution in [2.45, 2.75) is 17.9 Å². The molecule has 0 aliphatic heterocycles. The number of aryl methyl sites for hydroxylation is 1. The highest BCUT2D eigenvalue weighted by molar-refractivity contribution is 7.99. The van der Waals surface area contributed by atoms with E-state index in [1.807, 2.05) is 20.0 Å². The van der Waals surface area contributed by atoms with Gasteiger partial charge in [-0.2, -0.15) is 0 Å². The summed E-state index contributed by atoms with van der Waals surface area (Å²) in [5.74, 6) is 1.61. The smallest absolute Gasteiger partial charge is 0.114 e. The number of hydrogen-bond donors (Lipinski definition) is 2. The molecule has 1 unspecified atom stereocenters. The number of aliphatic hydroxyl groups excluding tert-OH is 1. The van der Waals surface area contributed by atoms with Crippen LogP contribution in [0.1, 0.15) is 5.76 Å². The molecule has 1 rings (SSSR count). The summed E-state index contributed by atoms with van der Waals surface area (Å²) in [4.78, 5) is 1.11. The van der Waals surface area contributed by atoms with Crippen molar-refractivity contribution in [3.05, 3.63) is 18.1 Å². The Morgan fingerprint density at radius 2 is 2.46 bits per heavy atom. The maximum absolute atomic E-state index is 9.42. The van der Waals surface area contributed by atoms with Crippen molar-refractivity contribution in [3.63, 3.8) is 0 Å². The molecule has 0 saturated heterocycles. The van der Waals surface area contributed by atoms with Crippen molar-refractivity contribution in [2.24, 2.45) is 0 Å². The molecule has 1 atom stereocenters. The van der Waals surface area contributed by atoms with Crippen LogP contribution in [0.25, 0.3) is 0 Å². The highest BCUT2D eigenvalue weighted by Gasteiger charge is 2.06. The van der Waals surface area contributed by atoms with Gasteiger partial charge < -0.3 is 14.8 Å². The van der Waals surface area contributed by atoms with Crippen LogP contribution in [0, 0.1) is 6.92 Å². The molecule has 1 aromatic rings. The molecule has 0 fully saturated rings. The van der Waals surface area contributed by atoms with Gasteiger partial charge in [-0.1, -0.05) is 0 Å². The lowest BCUT2D eigenvalue weighted by molar-refractivity contribution is 0.199. The van der Waals surface area contributed by atoms with Crippen molar-refractivity contribution >= 4 is 11.8 Å². The highest BCUT2D eigenvalue weighted by Crippen LogP contribution is 2.23. The van der Waals surface area contributed by atoms with Crippen LogP contribution in [0.15, 0.2) is 21.6 Å². The number of thioether (sulfide) groups is 1. The van der Waals surface area contributed by atoms with Crippen molar-refractivity contribution in [2.75, 3.05) is 19.3 Å². The Morgan fingerprint density at radius 3 is 3.00 bits per heavy atom. The van der Waals surface area contributed by atoms with Gasteiger partial charge >= 0.3 is 0 Å². The number of hydrogen-bond acceptors (Lipinski definition) is 4. The van der Waals surface area contributed by atoms with Crippen LogP contribution >= 0.6 is 11.8 Å². The molecule has 74 valence electrons. The average molecular weight is 201 g/mol. The minimum absolute atomic E-state index is 0.302. The first-order valence-electron chi connectivity index (χ1n) is 4.23. The summed E-state index contributed by atoms with van der Waals surface area (Å²) in [6.45, 7) is 2.55. The zero-order valence-electron chi connectivity index (χ0n) is 7.91. The van der Waals surface area contributed by atoms with Gasteiger partial charge in [0.2, 0.25) is 0 Å². The molecule has 2 N–H and O–H groups in total. The van der Waals surface area contributed by atoms with E-state index in [9.17, 15) is 5.11 Å². The summed E-state index contributed by atoms with van der Waals surface area (Å²) in [5, 5.41) is 12.4. The molecule has 0 aliphatic rings. The third kappa shape index (κ3) is 3.42. The summed E-state index contributed by atoms with van der Waals surface area (Å²) in [6, 6.07) is 1.92. The van der Waals surface area contributed by atoms with Gasteiger partial charge in [0.25, 0.3) is 0 Å². The Morgan fingerprint density at radius 1 is 1.69 bits per heavy atom. The summed E-state index contributed by atoms with van der Waals surface area (Å²) in [5.41, 5.74) is 0. The second-order valence-corrected chi connectivity index (χ2v) is 3.93. The molecule has 4 heteroatoms. The molecule has 13 heavy (non-hydrogen) atoms. The van der Waals surface area contributed by atoms with Crippen LogP contribution in [0.3, 0.4) is 0 Å². The van der Waals surface area contributed by atoms with Crippen molar-refractivity contribution < 1.29 is 9.52 Å². The van der Waals surface area contributed by atoms with E-state index in [2.05, 4.69) is 5.32 Å². The Balaban J connectivity index is 2.30. The third-order valence-corrected chi connectivity index (χ3v) is 2.97. The van der Waals surface area contributed by atoms with E-state index in [0.717, 1.165) is 10.7 Å². The topological polar surface area (TPSA) is 45.4 Å². The fourth-order valence-electron chi connectivity index (χ4n) is 1.00. The molecule has 1 heterocycles. The lowest BCUT2D eigenvalue weighted by atomic mass is 10.4. The number of nitrogens with one attached hydrogen (secondary N) is 1. The number of aliphatic hydroxyl groups is 1. The first kappa shape index (κ1) is 10.6. The van der Waals surface area contributed by atoms with Crippen LogP contribution in [0.4, 0.5) is 0 Å². The molecular weight excluding hydrogens is 186 g/mol. The standard InChI is InChI=1S/C9H15NO2S/c1-7-9(3-4-12-7)13-6-8(11)5-10-2/h3-4,8,10-11H,5-6H2,1-2H3. The molecule has 0 saturated carbocycles. The SMILES string of the molecule is CNCC(O)CSc1ccoc1C. The van der Waals surface area contributed by atoms with Gasteiger partial charge in [-0.05, 0) is 20.0 Å². The minimum Gasteiger partial charge on any atom is -0.468 e. The molecular formula is C9H15NO2S. The van der Waals surface area contributed by atoms with Crippen LogP contribution in [-0.4, -0.2) is 30.6 Å². The second-order valence-electron chi connectivity index (χ2n) is 2.86. The maximum atomic E-state index is 9.42. The minimum atomic E-state index is -0.302. The van der Waals surface area contributed by atoms with E-state index in [1.165, 1.54) is 0 Å². The van der Waals surface area contributed by atoms with Gasteiger partial charge in [0, 0.05) is 17.2 Å². The fraction of sp³-hybridized carbons (Fsp3) is 0.556. The van der Waals surface area contributed by atoms with E-state index in [0.29, 0.717) is 12.3 Å². The Labute approximate surface area is 82.5 Å². The van der Waals surface area contributed by atoms with Gasteiger partial charge in [-0.25, -0.2) is 0 Å². The number of furan rings is 1. The van der Waals surface area contributed by atoms with Crippen molar-refractivity contribution in [1.29, 1.82) is 0 Å². The zero-order chi connectivity index (χ0) is 9.68. The molecule has 3 nitrogen and oxygen atoms in total. The average Bonchev–Trinajstić information content (AvgIpc) is 2.48. The van der Waals surface area contributed by atoms with Gasteiger partial charge in [0.05, 0.1) is 12.4 Å². The lowest BCUT2D eigenvalue weighted by Gasteiger charge is -2.08. The predicted octanol–water partition coefficient (Wildman–Crippen LogP) is 1.26. The van der Waals surface area contributed by atoms with Gasteiger partial charge in [0.1, 0.15) is 5.76 Å². The molecule has 0 bridgehead atoms. The Bertz CT molecular complexity index is 250. The van der Waals surface area contributed by atoms with E-state index in [1.54, 1.807) is 18.0 Å². The summed E-state index contributed by atoms with van der Waals surface area (Å²) in [7, 11) is 1.83. The lowest BCUT2D eigenvalue weighted by Crippen LogP contribution is -2.25. The Kier molecular flexibility index (Phi) is 4.35. The molecule has 0 radical (unpaired) electrons. The summed E-state index contributed by atoms with van der Waals surface area (Å²) in [6.07, 6.45) is 1.37. The van der Waals surface area contributed by atoms with E-state index < -0.39 is 0 Å². The van der Waals surface area contributed by atoms with Crippen molar-refractivity contribution in [3.8, 4) is 0 Å². The fourth-order valence-corrected chi connectivity index (χ4v) is 1.90. The maximum Gasteiger partial charge on any atom is 0.114 e. The highest BCUT2D eigenvalue weighted by atomic mass is 32.2. The molecule has 0 aliphatic carbocycles. The predicted molar refractivity (Wildman–Crippen MR) is 54.1 cm³/mol. The first-order valence-corrected chi connectivity index (χ1v) is 5.22. The van der Waals surface area contributed by atoms with Gasteiger partial charge in [-0.3, -0.25) is 0 Å². The summed E-state index contributed by atoms with van der Waals surface area (Å²) >= 11 is 1.62. The van der Waals surface area contributed by atoms with Crippen molar-refractivity contribution in [1.82, 2.24) is 5.32 Å². The quantitative estimate of drug-likeness (QED) is 0.704. The van der Waals surface area contributed by atoms with Gasteiger partial charge in [-0.15, -0.1) is 11.8 Å². The third-order valence-electron chi connectivity index (χ3n) is 1.68. The van der Waals surface area contributed by atoms with Gasteiger partial charge in [0.15, 0.2) is 0 Å². The largest absolute Gasteiger partial charge is 0.468 e. The molecule has 0 aromatic carbocycles. The van der Waals surface area contributed by atoms with E-state index >= 15 is 0 Å². The molecule has 0 spiro atoms. The summed E-state index contributed by atoms with van der Waals surface area (Å²) < 4.78 is 5.14. The van der Waals surface area contributed by atoms with E-state index in [4.69, 9.17) is 4.42 Å². The number of rotatable bonds is 5. The molecule has 1 aromatic heterocycles. The van der Waals surface area contributed by atoms with Crippen LogP contribution in [0.2, 0.25) is 0 Å². The van der Waals surface area contributed by atoms with Crippen LogP contribution in [0.5, 0.6) is 0 Å². The van der Waals surface area contributed by atoms with E-state index in [-0.39, 0.29) is 6.10 Å². The molecule has 0 amide bonds. The second kappa shape index (κ2) is 5.32. The van der Waals surface area contributed by atoms with Crippen LogP contribution in [-0.2, 0) is 0 Å². The first-order chi connectivity index (χ1) is 6.24.